The van der Waals surface area contributed by atoms with Gasteiger partial charge >= 0.3 is 0 Å². The number of hydrogen-bond acceptors (Lipinski definition) is 12. The summed E-state index contributed by atoms with van der Waals surface area (Å²) in [5.41, 5.74) is 18.6. The molecule has 0 bridgehead atoms. The third-order valence-electron chi connectivity index (χ3n) is 7.99. The number of anilines is 1. The summed E-state index contributed by atoms with van der Waals surface area (Å²) in [6.07, 6.45) is 1.09. The molecular formula is C34H44N8O6. The minimum Gasteiger partial charge on any atom is -0.424 e. The maximum Gasteiger partial charge on any atom is 0.292 e. The predicted octanol–water partition coefficient (Wildman–Crippen LogP) is 2.89. The molecule has 256 valence electrons. The Kier molecular flexibility index (Phi) is 12.3. The predicted molar refractivity (Wildman–Crippen MR) is 184 cm³/mol. The van der Waals surface area contributed by atoms with E-state index in [4.69, 9.17) is 39.9 Å². The molecule has 14 nitrogen and oxygen atoms in total. The number of benzene rings is 2. The number of carbonyl (C=O) groups excluding carboxylic acids is 1. The monoisotopic (exact) mass is 660 g/mol. The number of aromatic nitrogens is 1. The molecule has 2 aromatic carbocycles. The third-order valence-corrected chi connectivity index (χ3v) is 7.99. The van der Waals surface area contributed by atoms with Crippen LogP contribution in [0.1, 0.15) is 35.6 Å². The molecule has 0 saturated heterocycles. The first kappa shape index (κ1) is 34.7. The number of nitrogen functional groups attached to an aromatic ring is 1. The van der Waals surface area contributed by atoms with E-state index in [1.165, 1.54) is 5.56 Å². The number of ether oxygens (including phenoxy) is 4. The molecule has 5 rings (SSSR count). The van der Waals surface area contributed by atoms with Gasteiger partial charge in [0, 0.05) is 32.3 Å². The molecule has 14 heteroatoms. The zero-order valence-electron chi connectivity index (χ0n) is 27.7. The van der Waals surface area contributed by atoms with Crippen LogP contribution in [-0.2, 0) is 43.3 Å². The lowest BCUT2D eigenvalue weighted by Gasteiger charge is -2.29. The van der Waals surface area contributed by atoms with E-state index in [9.17, 15) is 4.79 Å². The fraction of sp³-hybridized carbons (Fsp3) is 0.441. The molecule has 2 aliphatic heterocycles. The molecule has 3 heterocycles. The molecule has 4 N–H and O–H groups in total. The van der Waals surface area contributed by atoms with Gasteiger partial charge in [-0.1, -0.05) is 18.2 Å². The lowest BCUT2D eigenvalue weighted by atomic mass is 9.97. The van der Waals surface area contributed by atoms with E-state index in [-0.39, 0.29) is 17.7 Å². The first-order valence-electron chi connectivity index (χ1n) is 16.1. The largest absolute Gasteiger partial charge is 0.424 e. The number of hydrazone groups is 1. The van der Waals surface area contributed by atoms with Crippen LogP contribution in [-0.4, -0.2) is 106 Å². The van der Waals surface area contributed by atoms with Gasteiger partial charge in [0.1, 0.15) is 17.0 Å². The van der Waals surface area contributed by atoms with Crippen molar-refractivity contribution in [2.75, 3.05) is 72.2 Å². The van der Waals surface area contributed by atoms with Crippen LogP contribution in [0.4, 0.5) is 6.01 Å². The van der Waals surface area contributed by atoms with Crippen LogP contribution in [0.2, 0.25) is 0 Å². The zero-order chi connectivity index (χ0) is 33.9. The van der Waals surface area contributed by atoms with Crippen molar-refractivity contribution in [2.45, 2.75) is 32.9 Å². The molecule has 0 spiro atoms. The molecule has 0 atom stereocenters. The lowest BCUT2D eigenvalue weighted by molar-refractivity contribution is -0.133. The van der Waals surface area contributed by atoms with Crippen molar-refractivity contribution in [1.29, 1.82) is 0 Å². The van der Waals surface area contributed by atoms with Gasteiger partial charge < -0.3 is 39.7 Å². The Balaban J connectivity index is 1.14. The number of carbonyl (C=O) groups is 1. The highest BCUT2D eigenvalue weighted by Gasteiger charge is 2.32. The molecule has 3 aromatic rings. The van der Waals surface area contributed by atoms with Gasteiger partial charge in [0.05, 0.1) is 64.8 Å². The number of amides is 1. The van der Waals surface area contributed by atoms with E-state index in [0.717, 1.165) is 23.1 Å². The van der Waals surface area contributed by atoms with E-state index in [2.05, 4.69) is 39.9 Å². The van der Waals surface area contributed by atoms with Gasteiger partial charge in [0.25, 0.3) is 6.01 Å². The van der Waals surface area contributed by atoms with E-state index in [0.29, 0.717) is 107 Å². The zero-order valence-corrected chi connectivity index (χ0v) is 27.7. The second-order valence-electron chi connectivity index (χ2n) is 11.2. The van der Waals surface area contributed by atoms with Crippen LogP contribution in [0.25, 0.3) is 11.1 Å². The number of fused-ring (bicyclic) bond motifs is 2. The molecule has 48 heavy (non-hydrogen) atoms. The van der Waals surface area contributed by atoms with Gasteiger partial charge in [-0.05, 0) is 55.0 Å². The Labute approximate surface area is 280 Å². The van der Waals surface area contributed by atoms with Gasteiger partial charge in [-0.15, -0.1) is 0 Å². The Morgan fingerprint density at radius 3 is 2.44 bits per heavy atom. The van der Waals surface area contributed by atoms with E-state index >= 15 is 0 Å². The molecular weight excluding hydrogens is 616 g/mol. The number of hydrogen-bond donors (Lipinski definition) is 2. The van der Waals surface area contributed by atoms with Crippen LogP contribution >= 0.6 is 0 Å². The maximum atomic E-state index is 12.9. The summed E-state index contributed by atoms with van der Waals surface area (Å²) in [6.45, 7) is 11.4. The Hall–Kier alpha value is -4.63. The molecule has 1 aromatic heterocycles. The molecule has 0 fully saturated rings. The second-order valence-corrected chi connectivity index (χ2v) is 11.2. The van der Waals surface area contributed by atoms with Gasteiger partial charge in [-0.2, -0.15) is 10.1 Å². The highest BCUT2D eigenvalue weighted by molar-refractivity contribution is 6.33. The van der Waals surface area contributed by atoms with Crippen LogP contribution in [0.3, 0.4) is 0 Å². The van der Waals surface area contributed by atoms with Crippen LogP contribution in [0.5, 0.6) is 0 Å². The van der Waals surface area contributed by atoms with E-state index in [1.54, 1.807) is 13.1 Å². The highest BCUT2D eigenvalue weighted by Crippen LogP contribution is 2.29. The van der Waals surface area contributed by atoms with Gasteiger partial charge in [0.15, 0.2) is 11.4 Å². The van der Waals surface area contributed by atoms with Crippen molar-refractivity contribution >= 4 is 41.3 Å². The highest BCUT2D eigenvalue weighted by atomic mass is 16.6. The Morgan fingerprint density at radius 2 is 1.73 bits per heavy atom. The molecule has 1 amide bonds. The summed E-state index contributed by atoms with van der Waals surface area (Å²) >= 11 is 0. The smallest absolute Gasteiger partial charge is 0.292 e. The first-order valence-corrected chi connectivity index (χ1v) is 16.1. The van der Waals surface area contributed by atoms with Crippen molar-refractivity contribution in [3.05, 3.63) is 70.0 Å². The van der Waals surface area contributed by atoms with Crippen molar-refractivity contribution < 1.29 is 28.2 Å². The van der Waals surface area contributed by atoms with Crippen LogP contribution < -0.4 is 11.5 Å². The van der Waals surface area contributed by atoms with Crippen LogP contribution in [0, 0.1) is 0 Å². The standard InChI is InChI=1S/C34H44N8O6/c1-4-44-13-14-46-17-18-47-16-15-45-12-10-29(43)41-11-9-24-19-23(5-6-26(24)22-41)21-42-33(38-3)30(32(35)37-2)31(40-42)25-7-8-28-27(20-25)39-34(36)48-28/h5-8,19-20H,2,4,9-18,21-22,35H2,1,3H3,(H2,36,39)/b32-30-,38-33+. The summed E-state index contributed by atoms with van der Waals surface area (Å²) in [7, 11) is 1.69. The number of aliphatic imine (C=N–C) groups is 2. The summed E-state index contributed by atoms with van der Waals surface area (Å²) in [5, 5.41) is 6.72. The Bertz CT molecular complexity index is 1680. The molecule has 0 radical (unpaired) electrons. The van der Waals surface area contributed by atoms with Crippen LogP contribution in [0.15, 0.2) is 67.3 Å². The maximum absolute atomic E-state index is 12.9. The quantitative estimate of drug-likeness (QED) is 0.162. The van der Waals surface area contributed by atoms with Gasteiger partial charge in [-0.25, -0.2) is 10.0 Å². The number of nitrogens with zero attached hydrogens (tertiary/aromatic N) is 6. The van der Waals surface area contributed by atoms with Crippen molar-refractivity contribution in [2.24, 2.45) is 20.8 Å². The summed E-state index contributed by atoms with van der Waals surface area (Å²) in [4.78, 5) is 27.5. The molecule has 2 aliphatic rings. The van der Waals surface area contributed by atoms with Crippen molar-refractivity contribution in [1.82, 2.24) is 14.9 Å². The number of nitrogens with two attached hydrogens (primary N) is 2. The first-order chi connectivity index (χ1) is 23.4. The summed E-state index contributed by atoms with van der Waals surface area (Å²) in [5.74, 6) is 0.885. The number of rotatable bonds is 17. The fourth-order valence-corrected chi connectivity index (χ4v) is 5.61. The normalized spacial score (nSPS) is 16.5. The minimum atomic E-state index is 0.0790. The van der Waals surface area contributed by atoms with Crippen molar-refractivity contribution in [3.63, 3.8) is 0 Å². The minimum absolute atomic E-state index is 0.0790. The van der Waals surface area contributed by atoms with Gasteiger partial charge in [-0.3, -0.25) is 9.79 Å². The second kappa shape index (κ2) is 17.0. The average Bonchev–Trinajstić information content (AvgIpc) is 3.66. The number of oxazole rings is 1. The summed E-state index contributed by atoms with van der Waals surface area (Å²) < 4.78 is 27.2. The van der Waals surface area contributed by atoms with Gasteiger partial charge in [0.2, 0.25) is 5.91 Å². The Morgan fingerprint density at radius 1 is 1.00 bits per heavy atom. The molecule has 0 saturated carbocycles. The SMILES string of the molecule is C=N/C(N)=C1/C(c2ccc3oc(N)nc3c2)=NN(Cc2ccc3c(c2)CCN(C(=O)CCOCCOCCOCCOCC)C3)/C1=N/C. The van der Waals surface area contributed by atoms with Crippen molar-refractivity contribution in [3.8, 4) is 0 Å². The van der Waals surface area contributed by atoms with E-state index < -0.39 is 0 Å². The fourth-order valence-electron chi connectivity index (χ4n) is 5.61. The number of amidine groups is 1. The lowest BCUT2D eigenvalue weighted by Crippen LogP contribution is -2.36. The average molecular weight is 661 g/mol. The topological polar surface area (TPSA) is 176 Å². The molecule has 0 unspecified atom stereocenters. The van der Waals surface area contributed by atoms with E-state index in [1.807, 2.05) is 29.0 Å². The third kappa shape index (κ3) is 8.63. The molecule has 0 aliphatic carbocycles. The summed E-state index contributed by atoms with van der Waals surface area (Å²) in [6, 6.07) is 11.9.